The second-order valence-electron chi connectivity index (χ2n) is 1.56. The average Bonchev–Trinajstić information content (AvgIpc) is 1.62. The molecule has 4 nitrogen and oxygen atoms in total. The van der Waals surface area contributed by atoms with Crippen LogP contribution >= 0.6 is 7.72 Å². The number of oxime groups is 1. The zero-order valence-corrected chi connectivity index (χ0v) is 8.63. The van der Waals surface area contributed by atoms with Crippen molar-refractivity contribution in [2.24, 2.45) is 5.16 Å². The zero-order valence-electron chi connectivity index (χ0n) is 6.74. The monoisotopic (exact) mass is 162 g/mol. The molecule has 9 heavy (non-hydrogen) atoms. The topological polar surface area (TPSA) is 73.1 Å². The maximum atomic E-state index is 8.66. The molecule has 0 saturated carbocycles. The number of nitrogens with zero attached hydrogens (tertiary/aromatic N) is 1. The summed E-state index contributed by atoms with van der Waals surface area (Å²) in [4.78, 5) is 17.3. The van der Waals surface area contributed by atoms with Crippen molar-refractivity contribution in [1.29, 1.82) is 0 Å². The van der Waals surface area contributed by atoms with Gasteiger partial charge in [-0.1, -0.05) is 0 Å². The first-order chi connectivity index (χ1) is 3.48. The third-order valence-electron chi connectivity index (χ3n) is 0.758. The largest absolute Gasteiger partial charge is 1.00 e. The second-order valence-corrected chi connectivity index (χ2v) is 4.03. The molecular formula is C3H10NNaO3P+. The van der Waals surface area contributed by atoms with Crippen molar-refractivity contribution in [3.63, 3.8) is 0 Å². The van der Waals surface area contributed by atoms with Gasteiger partial charge >= 0.3 is 37.3 Å². The van der Waals surface area contributed by atoms with E-state index in [2.05, 4.69) is 5.16 Å². The first-order valence-corrected chi connectivity index (χ1v) is 4.14. The van der Waals surface area contributed by atoms with Gasteiger partial charge in [-0.2, -0.15) is 0 Å². The number of hydrogen-bond acceptors (Lipinski definition) is 4. The summed E-state index contributed by atoms with van der Waals surface area (Å²) in [5, 5.41) is 10.6. The van der Waals surface area contributed by atoms with E-state index in [4.69, 9.17) is 15.0 Å². The van der Waals surface area contributed by atoms with Gasteiger partial charge in [-0.25, -0.2) is 9.79 Å². The van der Waals surface area contributed by atoms with Crippen molar-refractivity contribution < 1.29 is 46.0 Å². The third kappa shape index (κ3) is 5.27. The zero-order chi connectivity index (χ0) is 6.78. The van der Waals surface area contributed by atoms with Crippen LogP contribution in [0.5, 0.6) is 0 Å². The Balaban J connectivity index is -0.000000245. The molecule has 6 heteroatoms. The molecule has 0 aromatic rings. The molecule has 0 amide bonds. The minimum Gasteiger partial charge on any atom is -1.00 e. The Kier molecular flexibility index (Phi) is 6.39. The summed E-state index contributed by atoms with van der Waals surface area (Å²) in [6.45, 7) is 2.58. The molecule has 0 radical (unpaired) electrons. The summed E-state index contributed by atoms with van der Waals surface area (Å²) in [5.74, 6) is 0. The molecule has 0 heterocycles. The van der Waals surface area contributed by atoms with E-state index in [0.29, 0.717) is 0 Å². The Morgan fingerprint density at radius 1 is 1.56 bits per heavy atom. The summed E-state index contributed by atoms with van der Waals surface area (Å²) in [7, 11) is -3.01. The van der Waals surface area contributed by atoms with Gasteiger partial charge < -0.3 is 6.63 Å². The van der Waals surface area contributed by atoms with Crippen LogP contribution in [0.3, 0.4) is 0 Å². The van der Waals surface area contributed by atoms with Gasteiger partial charge in [0.2, 0.25) is 0 Å². The molecule has 0 spiro atoms. The minimum atomic E-state index is -3.01. The summed E-state index contributed by atoms with van der Waals surface area (Å²) in [5.41, 5.74) is -0.0162. The maximum absolute atomic E-state index is 8.66. The van der Waals surface area contributed by atoms with Gasteiger partial charge in [0.05, 0.1) is 0 Å². The van der Waals surface area contributed by atoms with E-state index in [-0.39, 0.29) is 36.4 Å². The second kappa shape index (κ2) is 4.61. The fourth-order valence-corrected chi connectivity index (χ4v) is 0.254. The molecule has 3 N–H and O–H groups in total. The molecule has 0 aliphatic rings. The first-order valence-electron chi connectivity index (χ1n) is 1.99. The third-order valence-corrected chi connectivity index (χ3v) is 2.07. The molecule has 0 fully saturated rings. The normalized spacial score (nSPS) is 12.7. The maximum Gasteiger partial charge on any atom is 1.00 e. The smallest absolute Gasteiger partial charge is 1.00 e. The first kappa shape index (κ1) is 12.5. The Bertz CT molecular complexity index is 115. The van der Waals surface area contributed by atoms with Gasteiger partial charge in [-0.05, 0) is 5.16 Å². The number of hydrogen-bond donors (Lipinski definition) is 3. The van der Waals surface area contributed by atoms with Crippen molar-refractivity contribution in [3.8, 4) is 0 Å². The van der Waals surface area contributed by atoms with Gasteiger partial charge in [-0.3, -0.25) is 0 Å². The fourth-order valence-electron chi connectivity index (χ4n) is 0.0847. The fraction of sp³-hybridized carbons (Fsp3) is 0.667. The van der Waals surface area contributed by atoms with Crippen LogP contribution in [0.25, 0.3) is 0 Å². The van der Waals surface area contributed by atoms with E-state index in [1.165, 1.54) is 13.6 Å². The standard InChI is InChI=1S/C3H8NO3P.Na.H/c1-3(4-5)8(2,6)7;;/h6-7H,1-2H3;;/q;+1;-1/p+1. The molecular weight excluding hydrogens is 152 g/mol. The summed E-state index contributed by atoms with van der Waals surface area (Å²) in [6, 6.07) is 0. The van der Waals surface area contributed by atoms with E-state index in [1.54, 1.807) is 0 Å². The molecule has 0 bridgehead atoms. The van der Waals surface area contributed by atoms with Crippen molar-refractivity contribution >= 4 is 13.2 Å². The van der Waals surface area contributed by atoms with Gasteiger partial charge in [0.1, 0.15) is 6.66 Å². The Labute approximate surface area is 77.9 Å². The summed E-state index contributed by atoms with van der Waals surface area (Å²) >= 11 is 0. The van der Waals surface area contributed by atoms with E-state index in [1.807, 2.05) is 0 Å². The van der Waals surface area contributed by atoms with Gasteiger partial charge in [-0.15, -0.1) is 0 Å². The predicted molar refractivity (Wildman–Crippen MR) is 33.3 cm³/mol. The van der Waals surface area contributed by atoms with Crippen LogP contribution < -0.4 is 29.6 Å². The van der Waals surface area contributed by atoms with Gasteiger partial charge in [0, 0.05) is 6.92 Å². The minimum absolute atomic E-state index is 0. The molecule has 0 unspecified atom stereocenters. The molecule has 0 atom stereocenters. The van der Waals surface area contributed by atoms with Crippen molar-refractivity contribution in [1.82, 2.24) is 0 Å². The Morgan fingerprint density at radius 3 is 1.89 bits per heavy atom. The van der Waals surface area contributed by atoms with Crippen molar-refractivity contribution in [3.05, 3.63) is 0 Å². The van der Waals surface area contributed by atoms with E-state index in [9.17, 15) is 0 Å². The van der Waals surface area contributed by atoms with E-state index >= 15 is 0 Å². The molecule has 0 aliphatic heterocycles. The van der Waals surface area contributed by atoms with Crippen LogP contribution in [0.4, 0.5) is 0 Å². The molecule has 0 saturated heterocycles. The molecule has 0 aromatic carbocycles. The van der Waals surface area contributed by atoms with E-state index < -0.39 is 7.72 Å². The van der Waals surface area contributed by atoms with Crippen LogP contribution in [0.1, 0.15) is 8.35 Å². The van der Waals surface area contributed by atoms with Crippen molar-refractivity contribution in [2.45, 2.75) is 6.92 Å². The Hall–Kier alpha value is 0.820. The van der Waals surface area contributed by atoms with Gasteiger partial charge in [0.25, 0.3) is 5.45 Å². The SMILES string of the molecule is CC(=NO)[P+](C)(O)O.[H-].[Na+]. The summed E-state index contributed by atoms with van der Waals surface area (Å²) in [6.07, 6.45) is 0. The molecule has 0 rings (SSSR count). The van der Waals surface area contributed by atoms with Crippen LogP contribution in [0.15, 0.2) is 5.16 Å². The quantitative estimate of drug-likeness (QED) is 0.130. The van der Waals surface area contributed by atoms with Crippen LogP contribution in [0.2, 0.25) is 0 Å². The van der Waals surface area contributed by atoms with Gasteiger partial charge in [0.15, 0.2) is 0 Å². The Morgan fingerprint density at radius 2 is 1.89 bits per heavy atom. The molecule has 50 valence electrons. The van der Waals surface area contributed by atoms with Crippen LogP contribution in [0, 0.1) is 0 Å². The van der Waals surface area contributed by atoms with Crippen LogP contribution in [-0.4, -0.2) is 27.1 Å². The average molecular weight is 162 g/mol. The molecule has 0 aliphatic carbocycles. The predicted octanol–water partition coefficient (Wildman–Crippen LogP) is -2.63. The van der Waals surface area contributed by atoms with Crippen molar-refractivity contribution in [2.75, 3.05) is 6.66 Å². The summed E-state index contributed by atoms with van der Waals surface area (Å²) < 4.78 is 0. The molecule has 0 aromatic heterocycles. The van der Waals surface area contributed by atoms with E-state index in [0.717, 1.165) is 0 Å². The number of rotatable bonds is 1. The van der Waals surface area contributed by atoms with Crippen LogP contribution in [-0.2, 0) is 0 Å².